The van der Waals surface area contributed by atoms with Gasteiger partial charge in [0.25, 0.3) is 0 Å². The zero-order chi connectivity index (χ0) is 17.0. The Balaban J connectivity index is 2.39. The summed E-state index contributed by atoms with van der Waals surface area (Å²) in [6, 6.07) is 6.73. The highest BCUT2D eigenvalue weighted by atomic mass is 15.3. The number of hydrogen-bond acceptors (Lipinski definition) is 5. The molecule has 0 amide bonds. The Morgan fingerprint density at radius 3 is 2.04 bits per heavy atom. The van der Waals surface area contributed by atoms with E-state index < -0.39 is 0 Å². The van der Waals surface area contributed by atoms with Crippen LogP contribution in [0.25, 0.3) is 0 Å². The third-order valence-corrected chi connectivity index (χ3v) is 3.61. The fourth-order valence-corrected chi connectivity index (χ4v) is 2.53. The van der Waals surface area contributed by atoms with Crippen molar-refractivity contribution in [2.75, 3.05) is 10.6 Å². The van der Waals surface area contributed by atoms with Gasteiger partial charge in [-0.15, -0.1) is 5.10 Å². The van der Waals surface area contributed by atoms with Gasteiger partial charge in [0.05, 0.1) is 6.20 Å². The summed E-state index contributed by atoms with van der Waals surface area (Å²) in [6.07, 6.45) is 1.64. The van der Waals surface area contributed by atoms with Crippen molar-refractivity contribution in [3.63, 3.8) is 0 Å². The normalized spacial score (nSPS) is 11.3. The molecule has 0 unspecified atom stereocenters. The number of benzene rings is 1. The highest BCUT2D eigenvalue weighted by Crippen LogP contribution is 2.33. The molecule has 1 aromatic heterocycles. The molecule has 1 heterocycles. The molecule has 23 heavy (non-hydrogen) atoms. The molecular weight excluding hydrogens is 286 g/mol. The van der Waals surface area contributed by atoms with Crippen LogP contribution in [-0.2, 0) is 0 Å². The van der Waals surface area contributed by atoms with Gasteiger partial charge in [-0.25, -0.2) is 0 Å². The van der Waals surface area contributed by atoms with E-state index in [4.69, 9.17) is 0 Å². The third-order valence-electron chi connectivity index (χ3n) is 3.61. The lowest BCUT2D eigenvalue weighted by Crippen LogP contribution is -2.13. The van der Waals surface area contributed by atoms with Crippen LogP contribution in [0.4, 0.5) is 17.5 Å². The van der Waals surface area contributed by atoms with Gasteiger partial charge in [0.2, 0.25) is 5.95 Å². The first-order chi connectivity index (χ1) is 10.9. The maximum Gasteiger partial charge on any atom is 0.249 e. The molecule has 0 atom stereocenters. The van der Waals surface area contributed by atoms with Gasteiger partial charge in [-0.05, 0) is 36.8 Å². The molecular formula is C18H27N5. The number of rotatable bonds is 6. The summed E-state index contributed by atoms with van der Waals surface area (Å²) in [5, 5.41) is 14.8. The van der Waals surface area contributed by atoms with Crippen LogP contribution in [0.15, 0.2) is 24.4 Å². The van der Waals surface area contributed by atoms with E-state index in [1.807, 2.05) is 0 Å². The molecule has 124 valence electrons. The number of aromatic nitrogens is 3. The van der Waals surface area contributed by atoms with Gasteiger partial charge in [0, 0.05) is 11.7 Å². The van der Waals surface area contributed by atoms with Crippen LogP contribution in [0, 0.1) is 0 Å². The summed E-state index contributed by atoms with van der Waals surface area (Å²) in [7, 11) is 0. The van der Waals surface area contributed by atoms with Gasteiger partial charge < -0.3 is 10.6 Å². The van der Waals surface area contributed by atoms with Crippen molar-refractivity contribution < 1.29 is 0 Å². The van der Waals surface area contributed by atoms with Crippen LogP contribution >= 0.6 is 0 Å². The summed E-state index contributed by atoms with van der Waals surface area (Å²) < 4.78 is 0. The average molecular weight is 313 g/mol. The quantitative estimate of drug-likeness (QED) is 0.810. The van der Waals surface area contributed by atoms with Gasteiger partial charge in [-0.3, -0.25) is 0 Å². The van der Waals surface area contributed by atoms with Gasteiger partial charge in [0.15, 0.2) is 5.82 Å². The fraction of sp³-hybridized carbons (Fsp3) is 0.500. The monoisotopic (exact) mass is 313 g/mol. The van der Waals surface area contributed by atoms with Crippen molar-refractivity contribution in [1.29, 1.82) is 0 Å². The maximum atomic E-state index is 4.51. The molecule has 0 aliphatic rings. The molecule has 0 bridgehead atoms. The second-order valence-corrected chi connectivity index (χ2v) is 6.71. The van der Waals surface area contributed by atoms with E-state index in [0.717, 1.165) is 11.5 Å². The fourth-order valence-electron chi connectivity index (χ4n) is 2.53. The zero-order valence-electron chi connectivity index (χ0n) is 14.9. The lowest BCUT2D eigenvalue weighted by molar-refractivity contribution is 0.835. The van der Waals surface area contributed by atoms with Gasteiger partial charge in [0.1, 0.15) is 0 Å². The molecule has 1 aromatic carbocycles. The molecule has 0 saturated heterocycles. The Kier molecular flexibility index (Phi) is 5.53. The predicted molar refractivity (Wildman–Crippen MR) is 96.5 cm³/mol. The van der Waals surface area contributed by atoms with Crippen molar-refractivity contribution >= 4 is 17.5 Å². The number of hydrogen-bond donors (Lipinski definition) is 2. The van der Waals surface area contributed by atoms with E-state index in [1.165, 1.54) is 11.1 Å². The highest BCUT2D eigenvalue weighted by Gasteiger charge is 2.15. The topological polar surface area (TPSA) is 62.7 Å². The predicted octanol–water partition coefficient (Wildman–Crippen LogP) is 4.68. The summed E-state index contributed by atoms with van der Waals surface area (Å²) in [5.74, 6) is 2.08. The van der Waals surface area contributed by atoms with Crippen LogP contribution < -0.4 is 10.6 Å². The lowest BCUT2D eigenvalue weighted by Gasteiger charge is -2.20. The Hall–Kier alpha value is -2.17. The summed E-state index contributed by atoms with van der Waals surface area (Å²) in [5.41, 5.74) is 3.63. The molecule has 0 fully saturated rings. The molecule has 5 nitrogen and oxygen atoms in total. The van der Waals surface area contributed by atoms with Crippen molar-refractivity contribution in [3.05, 3.63) is 35.5 Å². The van der Waals surface area contributed by atoms with Crippen LogP contribution in [0.5, 0.6) is 0 Å². The number of anilines is 3. The Labute approximate surface area is 139 Å². The minimum atomic E-state index is 0.300. The maximum absolute atomic E-state index is 4.51. The molecule has 0 aliphatic heterocycles. The Morgan fingerprint density at radius 1 is 0.913 bits per heavy atom. The molecule has 5 heteroatoms. The first-order valence-electron chi connectivity index (χ1n) is 8.24. The molecule has 0 radical (unpaired) electrons. The van der Waals surface area contributed by atoms with Crippen LogP contribution in [-0.4, -0.2) is 21.2 Å². The molecule has 2 rings (SSSR count). The average Bonchev–Trinajstić information content (AvgIpc) is 2.46. The van der Waals surface area contributed by atoms with E-state index in [1.54, 1.807) is 6.20 Å². The Bertz CT molecular complexity index is 623. The largest absolute Gasteiger partial charge is 0.366 e. The molecule has 0 saturated carbocycles. The lowest BCUT2D eigenvalue weighted by atomic mass is 9.93. The molecule has 2 aromatic rings. The minimum Gasteiger partial charge on any atom is -0.366 e. The Morgan fingerprint density at radius 2 is 1.52 bits per heavy atom. The number of nitrogens with zero attached hydrogens (tertiary/aromatic N) is 3. The SMILES string of the molecule is CC(C)Nc1cnnc(Nc2c(C(C)C)cccc2C(C)C)n1. The zero-order valence-corrected chi connectivity index (χ0v) is 14.9. The van der Waals surface area contributed by atoms with Crippen LogP contribution in [0.1, 0.15) is 64.5 Å². The third kappa shape index (κ3) is 4.41. The first kappa shape index (κ1) is 17.2. The number of nitrogens with one attached hydrogen (secondary N) is 2. The molecule has 0 spiro atoms. The molecule has 2 N–H and O–H groups in total. The van der Waals surface area contributed by atoms with Crippen molar-refractivity contribution in [2.24, 2.45) is 0 Å². The van der Waals surface area contributed by atoms with Crippen molar-refractivity contribution in [2.45, 2.75) is 59.4 Å². The smallest absolute Gasteiger partial charge is 0.249 e. The van der Waals surface area contributed by atoms with E-state index >= 15 is 0 Å². The second kappa shape index (κ2) is 7.40. The van der Waals surface area contributed by atoms with Gasteiger partial charge in [-0.1, -0.05) is 45.9 Å². The molecule has 0 aliphatic carbocycles. The van der Waals surface area contributed by atoms with E-state index in [-0.39, 0.29) is 0 Å². The van der Waals surface area contributed by atoms with E-state index in [9.17, 15) is 0 Å². The summed E-state index contributed by atoms with van der Waals surface area (Å²) >= 11 is 0. The summed E-state index contributed by atoms with van der Waals surface area (Å²) in [6.45, 7) is 12.9. The van der Waals surface area contributed by atoms with Gasteiger partial charge >= 0.3 is 0 Å². The summed E-state index contributed by atoms with van der Waals surface area (Å²) in [4.78, 5) is 4.51. The van der Waals surface area contributed by atoms with Crippen LogP contribution in [0.3, 0.4) is 0 Å². The second-order valence-electron chi connectivity index (χ2n) is 6.71. The minimum absolute atomic E-state index is 0.300. The van der Waals surface area contributed by atoms with E-state index in [2.05, 4.69) is 85.6 Å². The standard InChI is InChI=1S/C18H27N5/c1-11(2)14-8-7-9-15(12(3)4)17(14)22-18-21-16(10-19-23-18)20-13(5)6/h7-13H,1-6H3,(H2,20,21,22,23). The van der Waals surface area contributed by atoms with E-state index in [0.29, 0.717) is 23.8 Å². The van der Waals surface area contributed by atoms with Crippen molar-refractivity contribution in [1.82, 2.24) is 15.2 Å². The number of para-hydroxylation sites is 1. The van der Waals surface area contributed by atoms with Crippen LogP contribution in [0.2, 0.25) is 0 Å². The first-order valence-corrected chi connectivity index (χ1v) is 8.24. The van der Waals surface area contributed by atoms with Crippen molar-refractivity contribution in [3.8, 4) is 0 Å². The highest BCUT2D eigenvalue weighted by molar-refractivity contribution is 5.65. The van der Waals surface area contributed by atoms with Gasteiger partial charge in [-0.2, -0.15) is 10.1 Å².